The van der Waals surface area contributed by atoms with Crippen LogP contribution in [0, 0.1) is 0 Å². The molecule has 6 nitrogen and oxygen atoms in total. The molecule has 0 bridgehead atoms. The molecule has 1 heterocycles. The summed E-state index contributed by atoms with van der Waals surface area (Å²) in [6.45, 7) is 37.5. The summed E-state index contributed by atoms with van der Waals surface area (Å²) in [7, 11) is -2.49. The van der Waals surface area contributed by atoms with Crippen molar-refractivity contribution >= 4 is 21.0 Å². The van der Waals surface area contributed by atoms with Gasteiger partial charge in [-0.2, -0.15) is 4.44 Å². The summed E-state index contributed by atoms with van der Waals surface area (Å²) in [6.07, 6.45) is 0. The van der Waals surface area contributed by atoms with Crippen LogP contribution in [0.15, 0.2) is 12.1 Å². The normalized spacial score (nSPS) is 14.4. The fourth-order valence-corrected chi connectivity index (χ4v) is 10.9. The van der Waals surface area contributed by atoms with Crippen LogP contribution in [0.25, 0.3) is 5.69 Å². The first kappa shape index (κ1) is 34.1. The Hall–Kier alpha value is -1.06. The zero-order valence-corrected chi connectivity index (χ0v) is 29.8. The lowest BCUT2D eigenvalue weighted by Crippen LogP contribution is -2.48. The Morgan fingerprint density at radius 3 is 1.33 bits per heavy atom. The summed E-state index contributed by atoms with van der Waals surface area (Å²) in [6, 6.07) is 5.06. The van der Waals surface area contributed by atoms with Crippen molar-refractivity contribution in [3.8, 4) is 5.69 Å². The molecule has 222 valence electrons. The monoisotopic (exact) mass is 577 g/mol. The van der Waals surface area contributed by atoms with Gasteiger partial charge in [-0.05, 0) is 88.3 Å². The molecule has 0 aliphatic carbocycles. The molecular weight excluding hydrogens is 520 g/mol. The van der Waals surface area contributed by atoms with Crippen molar-refractivity contribution in [1.29, 1.82) is 0 Å². The van der Waals surface area contributed by atoms with Crippen molar-refractivity contribution < 1.29 is 4.57 Å². The second-order valence-electron chi connectivity index (χ2n) is 15.2. The molecule has 39 heavy (non-hydrogen) atoms. The minimum absolute atomic E-state index is 0.0137. The highest BCUT2D eigenvalue weighted by Crippen LogP contribution is 2.57. The Kier molecular flexibility index (Phi) is 10.2. The number of aromatic nitrogens is 3. The van der Waals surface area contributed by atoms with Crippen LogP contribution in [0.4, 0.5) is 0 Å². The molecule has 0 amide bonds. The van der Waals surface area contributed by atoms with Crippen molar-refractivity contribution in [1.82, 2.24) is 24.1 Å². The van der Waals surface area contributed by atoms with E-state index in [9.17, 15) is 0 Å². The molecule has 0 aliphatic rings. The molecule has 0 saturated carbocycles. The molecule has 0 fully saturated rings. The number of benzene rings is 1. The second-order valence-corrected chi connectivity index (χ2v) is 19.0. The Balaban J connectivity index is 3.03. The van der Waals surface area contributed by atoms with Crippen LogP contribution in [0.1, 0.15) is 134 Å². The maximum absolute atomic E-state index is 15.5. The summed E-state index contributed by atoms with van der Waals surface area (Å²) >= 11 is 0. The Morgan fingerprint density at radius 2 is 1.05 bits per heavy atom. The third-order valence-corrected chi connectivity index (χ3v) is 12.7. The molecular formula is C31H57N5OP2. The van der Waals surface area contributed by atoms with Gasteiger partial charge in [0.25, 0.3) is 7.44 Å². The molecule has 2 rings (SSSR count). The first-order valence-corrected chi connectivity index (χ1v) is 17.1. The third kappa shape index (κ3) is 7.06. The van der Waals surface area contributed by atoms with Crippen LogP contribution < -0.4 is 5.17 Å². The topological polar surface area (TPSA) is 54.3 Å². The van der Waals surface area contributed by atoms with Gasteiger partial charge in [-0.3, -0.25) is 4.57 Å². The predicted molar refractivity (Wildman–Crippen MR) is 171 cm³/mol. The zero-order valence-electron chi connectivity index (χ0n) is 28.0. The fourth-order valence-electron chi connectivity index (χ4n) is 5.62. The molecule has 0 aliphatic heterocycles. The first-order chi connectivity index (χ1) is 17.5. The molecule has 0 radical (unpaired) electrons. The van der Waals surface area contributed by atoms with Gasteiger partial charge in [0.15, 0.2) is 5.17 Å². The van der Waals surface area contributed by atoms with E-state index in [1.54, 1.807) is 0 Å². The lowest BCUT2D eigenvalue weighted by molar-refractivity contribution is 0.231. The highest BCUT2D eigenvalue weighted by atomic mass is 31.2. The summed E-state index contributed by atoms with van der Waals surface area (Å²) in [5, 5.41) is 10.2. The van der Waals surface area contributed by atoms with Crippen LogP contribution in [0.2, 0.25) is 0 Å². The van der Waals surface area contributed by atoms with E-state index in [0.717, 1.165) is 14.0 Å². The van der Waals surface area contributed by atoms with Crippen molar-refractivity contribution in [3.63, 3.8) is 0 Å². The molecule has 2 aromatic rings. The molecule has 8 heteroatoms. The molecule has 0 N–H and O–H groups in total. The number of nitrogens with zero attached hydrogens (tertiary/aromatic N) is 5. The van der Waals surface area contributed by atoms with E-state index >= 15 is 4.57 Å². The van der Waals surface area contributed by atoms with E-state index in [1.807, 2.05) is 4.44 Å². The van der Waals surface area contributed by atoms with Gasteiger partial charge in [-0.15, -0.1) is 5.10 Å². The summed E-state index contributed by atoms with van der Waals surface area (Å²) in [5.74, 6) is 0. The van der Waals surface area contributed by atoms with Gasteiger partial charge >= 0.3 is 0 Å². The van der Waals surface area contributed by atoms with Crippen LogP contribution >= 0.6 is 15.8 Å². The quantitative estimate of drug-likeness (QED) is 0.294. The van der Waals surface area contributed by atoms with E-state index in [4.69, 9.17) is 10.3 Å². The zero-order chi connectivity index (χ0) is 30.5. The SMILES string of the molecule is CC(C)N(C(C)C)P(=O)(c1nnn(-c2c(C(C)(C)C)cc(C(C)(C)C)cc2C(C)(C)C)p1)N(C(C)C)C(C)C. The Bertz CT molecular complexity index is 1100. The predicted octanol–water partition coefficient (Wildman–Crippen LogP) is 8.80. The maximum atomic E-state index is 15.5. The summed E-state index contributed by atoms with van der Waals surface area (Å²) < 4.78 is 21.9. The maximum Gasteiger partial charge on any atom is 0.272 e. The molecule has 1 aromatic heterocycles. The summed E-state index contributed by atoms with van der Waals surface area (Å²) in [5.41, 5.74) is 4.69. The van der Waals surface area contributed by atoms with Crippen LogP contribution in [-0.4, -0.2) is 48.3 Å². The lowest BCUT2D eigenvalue weighted by Gasteiger charge is -2.45. The Morgan fingerprint density at radius 1 is 0.692 bits per heavy atom. The average molecular weight is 578 g/mol. The van der Waals surface area contributed by atoms with Crippen molar-refractivity contribution in [2.75, 3.05) is 0 Å². The van der Waals surface area contributed by atoms with Crippen molar-refractivity contribution in [2.45, 2.75) is 158 Å². The van der Waals surface area contributed by atoms with Gasteiger partial charge in [0, 0.05) is 24.2 Å². The van der Waals surface area contributed by atoms with Crippen LogP contribution in [0.5, 0.6) is 0 Å². The molecule has 0 unspecified atom stereocenters. The van der Waals surface area contributed by atoms with Gasteiger partial charge < -0.3 is 0 Å². The highest BCUT2D eigenvalue weighted by molar-refractivity contribution is 7.74. The van der Waals surface area contributed by atoms with E-state index in [1.165, 1.54) is 16.7 Å². The molecule has 0 saturated heterocycles. The van der Waals surface area contributed by atoms with Crippen LogP contribution in [-0.2, 0) is 20.8 Å². The fraction of sp³-hybridized carbons (Fsp3) is 0.774. The van der Waals surface area contributed by atoms with E-state index in [0.29, 0.717) is 5.17 Å². The van der Waals surface area contributed by atoms with E-state index < -0.39 is 7.44 Å². The minimum Gasteiger partial charge on any atom is -0.281 e. The highest BCUT2D eigenvalue weighted by Gasteiger charge is 2.47. The van der Waals surface area contributed by atoms with Gasteiger partial charge in [0.05, 0.1) is 14.0 Å². The smallest absolute Gasteiger partial charge is 0.272 e. The Labute approximate surface area is 242 Å². The molecule has 0 spiro atoms. The van der Waals surface area contributed by atoms with Gasteiger partial charge in [0.1, 0.15) is 0 Å². The van der Waals surface area contributed by atoms with Gasteiger partial charge in [-0.1, -0.05) is 79.7 Å². The average Bonchev–Trinajstić information content (AvgIpc) is 3.20. The first-order valence-electron chi connectivity index (χ1n) is 14.6. The minimum atomic E-state index is -3.25. The number of rotatable bonds is 8. The van der Waals surface area contributed by atoms with Crippen molar-refractivity contribution in [3.05, 3.63) is 28.8 Å². The van der Waals surface area contributed by atoms with Gasteiger partial charge in [-0.25, -0.2) is 9.34 Å². The van der Waals surface area contributed by atoms with Crippen molar-refractivity contribution in [2.24, 2.45) is 0 Å². The number of hydrogen-bond acceptors (Lipinski definition) is 3. The molecule has 0 atom stereocenters. The van der Waals surface area contributed by atoms with E-state index in [2.05, 4.69) is 139 Å². The largest absolute Gasteiger partial charge is 0.281 e. The standard InChI is InChI=1S/C31H57N5OP2/c1-20(2)34(21(3)4)39(37,35(22(5)6)23(7)8)28-32-33-36(38-28)27-25(30(12,13)14)18-24(29(9,10)11)19-26(27)31(15,16)17/h18-23H,1-17H3. The van der Waals surface area contributed by atoms with E-state index in [-0.39, 0.29) is 40.4 Å². The number of hydrogen-bond donors (Lipinski definition) is 0. The van der Waals surface area contributed by atoms with Crippen LogP contribution in [0.3, 0.4) is 0 Å². The van der Waals surface area contributed by atoms with Gasteiger partial charge in [0.2, 0.25) is 0 Å². The second kappa shape index (κ2) is 11.7. The lowest BCUT2D eigenvalue weighted by atomic mass is 9.74. The third-order valence-electron chi connectivity index (χ3n) is 7.20. The molecule has 1 aromatic carbocycles. The summed E-state index contributed by atoms with van der Waals surface area (Å²) in [4.78, 5) is 0.